The molecule has 1 saturated heterocycles. The van der Waals surface area contributed by atoms with E-state index < -0.39 is 0 Å². The van der Waals surface area contributed by atoms with Gasteiger partial charge in [-0.1, -0.05) is 18.2 Å². The van der Waals surface area contributed by atoms with E-state index >= 15 is 0 Å². The number of nitrogens with one attached hydrogen (secondary N) is 1. The summed E-state index contributed by atoms with van der Waals surface area (Å²) in [5, 5.41) is 2.82. The number of rotatable bonds is 6. The number of para-hydroxylation sites is 1. The van der Waals surface area contributed by atoms with Gasteiger partial charge in [0.2, 0.25) is 24.6 Å². The third kappa shape index (κ3) is 4.54. The Kier molecular flexibility index (Phi) is 6.07. The maximum Gasteiger partial charge on any atom is 0.231 e. The van der Waals surface area contributed by atoms with E-state index in [1.165, 1.54) is 5.69 Å². The van der Waals surface area contributed by atoms with Crippen molar-refractivity contribution in [3.8, 4) is 22.8 Å². The molecule has 2 aromatic carbocycles. The SMILES string of the molecule is Cn1c(-c2ccc3c(c2)OCO3)cnc1NC(=O)CCC(=O)N1CCN(c2ccccc2)CC1. The molecule has 0 spiro atoms. The van der Waals surface area contributed by atoms with Crippen LogP contribution in [0.4, 0.5) is 11.6 Å². The highest BCUT2D eigenvalue weighted by molar-refractivity contribution is 5.92. The molecule has 0 atom stereocenters. The van der Waals surface area contributed by atoms with Gasteiger partial charge in [-0.2, -0.15) is 0 Å². The number of carbonyl (C=O) groups excluding carboxylic acids is 2. The fraction of sp³-hybridized carbons (Fsp3) is 0.320. The van der Waals surface area contributed by atoms with Crippen molar-refractivity contribution in [1.82, 2.24) is 14.5 Å². The number of imidazole rings is 1. The van der Waals surface area contributed by atoms with Gasteiger partial charge in [0.05, 0.1) is 11.9 Å². The third-order valence-corrected chi connectivity index (χ3v) is 6.23. The molecule has 0 radical (unpaired) electrons. The quantitative estimate of drug-likeness (QED) is 0.607. The lowest BCUT2D eigenvalue weighted by Gasteiger charge is -2.36. The molecule has 9 nitrogen and oxygen atoms in total. The third-order valence-electron chi connectivity index (χ3n) is 6.23. The number of hydrogen-bond acceptors (Lipinski definition) is 6. The number of fused-ring (bicyclic) bond motifs is 1. The van der Waals surface area contributed by atoms with E-state index in [2.05, 4.69) is 27.3 Å². The summed E-state index contributed by atoms with van der Waals surface area (Å²) >= 11 is 0. The second-order valence-electron chi connectivity index (χ2n) is 8.35. The van der Waals surface area contributed by atoms with Crippen LogP contribution in [0.2, 0.25) is 0 Å². The molecule has 1 fully saturated rings. The maximum atomic E-state index is 12.6. The molecular formula is C25H27N5O4. The smallest absolute Gasteiger partial charge is 0.231 e. The van der Waals surface area contributed by atoms with E-state index in [1.807, 2.05) is 48.3 Å². The van der Waals surface area contributed by atoms with Gasteiger partial charge in [0, 0.05) is 57.3 Å². The van der Waals surface area contributed by atoms with Gasteiger partial charge in [0.1, 0.15) is 0 Å². The molecule has 0 unspecified atom stereocenters. The predicted octanol–water partition coefficient (Wildman–Crippen LogP) is 2.88. The normalized spacial score (nSPS) is 14.9. The minimum absolute atomic E-state index is 0.00347. The van der Waals surface area contributed by atoms with Crippen molar-refractivity contribution >= 4 is 23.5 Å². The Morgan fingerprint density at radius 1 is 0.971 bits per heavy atom. The molecule has 34 heavy (non-hydrogen) atoms. The molecule has 1 N–H and O–H groups in total. The fourth-order valence-corrected chi connectivity index (χ4v) is 4.27. The van der Waals surface area contributed by atoms with E-state index in [0.29, 0.717) is 30.5 Å². The second kappa shape index (κ2) is 9.46. The number of carbonyl (C=O) groups is 2. The Bertz CT molecular complexity index is 1190. The number of amides is 2. The molecule has 2 aliphatic heterocycles. The zero-order valence-corrected chi connectivity index (χ0v) is 19.1. The van der Waals surface area contributed by atoms with Crippen LogP contribution in [0, 0.1) is 0 Å². The number of aromatic nitrogens is 2. The number of benzene rings is 2. The van der Waals surface area contributed by atoms with Crippen LogP contribution in [-0.4, -0.2) is 59.2 Å². The first kappa shape index (κ1) is 21.8. The van der Waals surface area contributed by atoms with Gasteiger partial charge in [0.25, 0.3) is 0 Å². The lowest BCUT2D eigenvalue weighted by atomic mass is 10.1. The van der Waals surface area contributed by atoms with Crippen LogP contribution in [0.15, 0.2) is 54.7 Å². The number of hydrogen-bond donors (Lipinski definition) is 1. The van der Waals surface area contributed by atoms with Crippen molar-refractivity contribution < 1.29 is 19.1 Å². The Labute approximate surface area is 197 Å². The van der Waals surface area contributed by atoms with Crippen molar-refractivity contribution in [2.45, 2.75) is 12.8 Å². The molecule has 2 amide bonds. The molecule has 1 aromatic heterocycles. The van der Waals surface area contributed by atoms with Gasteiger partial charge in [-0.25, -0.2) is 4.98 Å². The van der Waals surface area contributed by atoms with Crippen LogP contribution in [0.5, 0.6) is 11.5 Å². The number of nitrogens with zero attached hydrogens (tertiary/aromatic N) is 4. The van der Waals surface area contributed by atoms with E-state index in [4.69, 9.17) is 9.47 Å². The van der Waals surface area contributed by atoms with Crippen LogP contribution in [0.25, 0.3) is 11.3 Å². The average Bonchev–Trinajstić information content (AvgIpc) is 3.49. The first-order valence-electron chi connectivity index (χ1n) is 11.4. The summed E-state index contributed by atoms with van der Waals surface area (Å²) in [7, 11) is 1.83. The van der Waals surface area contributed by atoms with Gasteiger partial charge in [0.15, 0.2) is 11.5 Å². The molecule has 9 heteroatoms. The van der Waals surface area contributed by atoms with E-state index in [0.717, 1.165) is 24.3 Å². The molecular weight excluding hydrogens is 434 g/mol. The number of ether oxygens (including phenoxy) is 2. The molecule has 0 saturated carbocycles. The van der Waals surface area contributed by atoms with Gasteiger partial charge in [-0.15, -0.1) is 0 Å². The van der Waals surface area contributed by atoms with Gasteiger partial charge in [-0.05, 0) is 30.3 Å². The highest BCUT2D eigenvalue weighted by Gasteiger charge is 2.22. The molecule has 176 valence electrons. The van der Waals surface area contributed by atoms with Gasteiger partial charge < -0.3 is 23.8 Å². The summed E-state index contributed by atoms with van der Waals surface area (Å²) in [6.07, 6.45) is 1.99. The monoisotopic (exact) mass is 461 g/mol. The van der Waals surface area contributed by atoms with Crippen molar-refractivity contribution in [2.75, 3.05) is 43.2 Å². The molecule has 0 bridgehead atoms. The highest BCUT2D eigenvalue weighted by atomic mass is 16.7. The Balaban J connectivity index is 1.12. The Morgan fingerprint density at radius 3 is 2.53 bits per heavy atom. The Morgan fingerprint density at radius 2 is 1.74 bits per heavy atom. The second-order valence-corrected chi connectivity index (χ2v) is 8.35. The van der Waals surface area contributed by atoms with Gasteiger partial charge in [-0.3, -0.25) is 14.9 Å². The van der Waals surface area contributed by atoms with E-state index in [9.17, 15) is 9.59 Å². The summed E-state index contributed by atoms with van der Waals surface area (Å²) < 4.78 is 12.6. The van der Waals surface area contributed by atoms with Crippen LogP contribution >= 0.6 is 0 Å². The number of piperazine rings is 1. The van der Waals surface area contributed by atoms with Crippen LogP contribution in [0.3, 0.4) is 0 Å². The minimum Gasteiger partial charge on any atom is -0.454 e. The zero-order chi connectivity index (χ0) is 23.5. The van der Waals surface area contributed by atoms with E-state index in [1.54, 1.807) is 10.8 Å². The van der Waals surface area contributed by atoms with Crippen molar-refractivity contribution in [3.63, 3.8) is 0 Å². The minimum atomic E-state index is -0.234. The van der Waals surface area contributed by atoms with Crippen LogP contribution in [0.1, 0.15) is 12.8 Å². The van der Waals surface area contributed by atoms with Crippen LogP contribution < -0.4 is 19.7 Å². The highest BCUT2D eigenvalue weighted by Crippen LogP contribution is 2.36. The molecule has 3 aromatic rings. The standard InChI is InChI=1S/C25H27N5O4/c1-28-20(18-7-8-21-22(15-18)34-17-33-21)16-26-25(28)27-23(31)9-10-24(32)30-13-11-29(12-14-30)19-5-3-2-4-6-19/h2-8,15-16H,9-14,17H2,1H3,(H,26,27,31). The summed E-state index contributed by atoms with van der Waals surface area (Å²) in [5.74, 6) is 1.60. The fourth-order valence-electron chi connectivity index (χ4n) is 4.27. The summed E-state index contributed by atoms with van der Waals surface area (Å²) in [6, 6.07) is 15.9. The van der Waals surface area contributed by atoms with Crippen LogP contribution in [-0.2, 0) is 16.6 Å². The topological polar surface area (TPSA) is 88.9 Å². The first-order valence-corrected chi connectivity index (χ1v) is 11.4. The lowest BCUT2D eigenvalue weighted by Crippen LogP contribution is -2.48. The molecule has 2 aliphatic rings. The van der Waals surface area contributed by atoms with Crippen molar-refractivity contribution in [3.05, 3.63) is 54.7 Å². The number of anilines is 2. The molecule has 3 heterocycles. The summed E-state index contributed by atoms with van der Waals surface area (Å²) in [6.45, 7) is 3.11. The van der Waals surface area contributed by atoms with E-state index in [-0.39, 0.29) is 31.4 Å². The lowest BCUT2D eigenvalue weighted by molar-refractivity contribution is -0.133. The van der Waals surface area contributed by atoms with Crippen molar-refractivity contribution in [1.29, 1.82) is 0 Å². The zero-order valence-electron chi connectivity index (χ0n) is 19.1. The molecule has 5 rings (SSSR count). The summed E-state index contributed by atoms with van der Waals surface area (Å²) in [5.41, 5.74) is 2.91. The Hall–Kier alpha value is -4.01. The average molecular weight is 462 g/mol. The maximum absolute atomic E-state index is 12.6. The molecule has 0 aliphatic carbocycles. The predicted molar refractivity (Wildman–Crippen MR) is 128 cm³/mol. The van der Waals surface area contributed by atoms with Crippen molar-refractivity contribution in [2.24, 2.45) is 7.05 Å². The summed E-state index contributed by atoms with van der Waals surface area (Å²) in [4.78, 5) is 33.6. The first-order chi connectivity index (χ1) is 16.6. The van der Waals surface area contributed by atoms with Gasteiger partial charge >= 0.3 is 0 Å². The largest absolute Gasteiger partial charge is 0.454 e.